The summed E-state index contributed by atoms with van der Waals surface area (Å²) >= 11 is 0. The lowest BCUT2D eigenvalue weighted by molar-refractivity contribution is -0.138. The third-order valence-corrected chi connectivity index (χ3v) is 4.63. The molecule has 24 heavy (non-hydrogen) atoms. The quantitative estimate of drug-likeness (QED) is 0.811. The number of amides is 4. The number of benzene rings is 1. The second-order valence-electron chi connectivity index (χ2n) is 6.23. The number of likely N-dealkylation sites (tertiary alicyclic amines) is 1. The van der Waals surface area contributed by atoms with Gasteiger partial charge in [-0.3, -0.25) is 14.9 Å². The average molecular weight is 331 g/mol. The molecule has 0 bridgehead atoms. The molecule has 2 fully saturated rings. The molecule has 7 heteroatoms. The molecule has 0 saturated carbocycles. The summed E-state index contributed by atoms with van der Waals surface area (Å²) in [6.07, 6.45) is 1.85. The number of hydrogen-bond acceptors (Lipinski definition) is 4. The fourth-order valence-corrected chi connectivity index (χ4v) is 3.20. The largest absolute Gasteiger partial charge is 0.481 e. The molecule has 2 aliphatic rings. The highest BCUT2D eigenvalue weighted by atomic mass is 16.5. The van der Waals surface area contributed by atoms with E-state index >= 15 is 0 Å². The molecule has 0 aromatic heterocycles. The Morgan fingerprint density at radius 3 is 2.38 bits per heavy atom. The van der Waals surface area contributed by atoms with Crippen LogP contribution in [0.15, 0.2) is 24.3 Å². The fourth-order valence-electron chi connectivity index (χ4n) is 3.20. The van der Waals surface area contributed by atoms with Crippen LogP contribution in [0.3, 0.4) is 0 Å². The Bertz CT molecular complexity index is 636. The number of imide groups is 1. The zero-order valence-electron chi connectivity index (χ0n) is 13.4. The number of nitrogens with two attached hydrogens (primary N) is 1. The zero-order chi connectivity index (χ0) is 17.1. The predicted octanol–water partition coefficient (Wildman–Crippen LogP) is 1.13. The summed E-state index contributed by atoms with van der Waals surface area (Å²) in [6.45, 7) is 1.35. The third kappa shape index (κ3) is 3.67. The second kappa shape index (κ2) is 6.90. The van der Waals surface area contributed by atoms with Crippen molar-refractivity contribution in [2.45, 2.75) is 37.7 Å². The molecule has 3 N–H and O–H groups in total. The first-order valence-corrected chi connectivity index (χ1v) is 8.17. The Kier molecular flexibility index (Phi) is 4.69. The van der Waals surface area contributed by atoms with Gasteiger partial charge in [-0.25, -0.2) is 4.79 Å². The Balaban J connectivity index is 1.57. The molecule has 1 aromatic carbocycles. The number of rotatable bonds is 3. The molecule has 0 spiro atoms. The van der Waals surface area contributed by atoms with E-state index in [1.807, 2.05) is 24.3 Å². The van der Waals surface area contributed by atoms with Crippen LogP contribution in [0.1, 0.15) is 37.2 Å². The number of piperidine rings is 2. The van der Waals surface area contributed by atoms with Gasteiger partial charge >= 0.3 is 6.03 Å². The van der Waals surface area contributed by atoms with Crippen molar-refractivity contribution in [2.24, 2.45) is 5.73 Å². The molecule has 128 valence electrons. The van der Waals surface area contributed by atoms with Crippen molar-refractivity contribution in [3.8, 4) is 5.75 Å². The average Bonchev–Trinajstić information content (AvgIpc) is 2.58. The van der Waals surface area contributed by atoms with E-state index < -0.39 is 6.10 Å². The van der Waals surface area contributed by atoms with Crippen molar-refractivity contribution in [1.29, 1.82) is 0 Å². The van der Waals surface area contributed by atoms with Gasteiger partial charge in [0.25, 0.3) is 5.91 Å². The van der Waals surface area contributed by atoms with Crippen molar-refractivity contribution in [3.63, 3.8) is 0 Å². The van der Waals surface area contributed by atoms with E-state index in [0.717, 1.165) is 12.8 Å². The maximum atomic E-state index is 11.7. The van der Waals surface area contributed by atoms with Crippen molar-refractivity contribution < 1.29 is 19.1 Å². The lowest BCUT2D eigenvalue weighted by Gasteiger charge is -2.31. The zero-order valence-corrected chi connectivity index (χ0v) is 13.4. The first kappa shape index (κ1) is 16.3. The van der Waals surface area contributed by atoms with Gasteiger partial charge in [-0.2, -0.15) is 0 Å². The van der Waals surface area contributed by atoms with E-state index in [0.29, 0.717) is 37.6 Å². The van der Waals surface area contributed by atoms with E-state index in [9.17, 15) is 14.4 Å². The highest BCUT2D eigenvalue weighted by molar-refractivity contribution is 5.99. The van der Waals surface area contributed by atoms with Crippen LogP contribution in [0.5, 0.6) is 5.75 Å². The van der Waals surface area contributed by atoms with E-state index in [2.05, 4.69) is 5.32 Å². The van der Waals surface area contributed by atoms with Crippen LogP contribution >= 0.6 is 0 Å². The van der Waals surface area contributed by atoms with Gasteiger partial charge in [-0.05, 0) is 36.5 Å². The van der Waals surface area contributed by atoms with Gasteiger partial charge < -0.3 is 15.4 Å². The van der Waals surface area contributed by atoms with Crippen molar-refractivity contribution in [2.75, 3.05) is 13.1 Å². The summed E-state index contributed by atoms with van der Waals surface area (Å²) in [5.74, 6) is 0.375. The fraction of sp³-hybridized carbons (Fsp3) is 0.471. The number of hydrogen-bond donors (Lipinski definition) is 2. The van der Waals surface area contributed by atoms with Crippen LogP contribution in [0.2, 0.25) is 0 Å². The molecule has 7 nitrogen and oxygen atoms in total. The molecule has 2 aliphatic heterocycles. The Hall–Kier alpha value is -2.57. The summed E-state index contributed by atoms with van der Waals surface area (Å²) in [7, 11) is 0. The Labute approximate surface area is 140 Å². The molecule has 1 unspecified atom stereocenters. The molecule has 1 atom stereocenters. The number of primary amides is 1. The van der Waals surface area contributed by atoms with Gasteiger partial charge in [0.15, 0.2) is 6.10 Å². The summed E-state index contributed by atoms with van der Waals surface area (Å²) in [6, 6.07) is 7.32. The van der Waals surface area contributed by atoms with Gasteiger partial charge in [-0.15, -0.1) is 0 Å². The number of urea groups is 1. The molecule has 1 aromatic rings. The molecule has 2 saturated heterocycles. The number of nitrogens with one attached hydrogen (secondary N) is 1. The Morgan fingerprint density at radius 1 is 1.12 bits per heavy atom. The van der Waals surface area contributed by atoms with Crippen LogP contribution in [0.25, 0.3) is 0 Å². The molecule has 3 rings (SSSR count). The van der Waals surface area contributed by atoms with Crippen LogP contribution in [-0.2, 0) is 9.59 Å². The normalized spacial score (nSPS) is 22.2. The van der Waals surface area contributed by atoms with Crippen LogP contribution in [0.4, 0.5) is 4.79 Å². The smallest absolute Gasteiger partial charge is 0.314 e. The number of carbonyl (C=O) groups excluding carboxylic acids is 3. The number of nitrogens with zero attached hydrogens (tertiary/aromatic N) is 1. The minimum atomic E-state index is -0.618. The molecule has 0 radical (unpaired) electrons. The molecule has 4 amide bonds. The SMILES string of the molecule is NC(=O)N1CCC(c2ccc(OC3CCC(=O)NC3=O)cc2)CC1. The standard InChI is InChI=1S/C17H21N3O4/c18-17(23)20-9-7-12(8-10-20)11-1-3-13(4-2-11)24-14-5-6-15(21)19-16(14)22/h1-4,12,14H,5-10H2,(H2,18,23)(H,19,21,22). The van der Waals surface area contributed by atoms with Crippen LogP contribution in [-0.4, -0.2) is 41.9 Å². The lowest BCUT2D eigenvalue weighted by Crippen LogP contribution is -2.46. The van der Waals surface area contributed by atoms with E-state index in [-0.39, 0.29) is 17.8 Å². The third-order valence-electron chi connectivity index (χ3n) is 4.63. The minimum Gasteiger partial charge on any atom is -0.481 e. The molecular weight excluding hydrogens is 310 g/mol. The van der Waals surface area contributed by atoms with E-state index in [4.69, 9.17) is 10.5 Å². The molecule has 2 heterocycles. The first-order chi connectivity index (χ1) is 11.5. The van der Waals surface area contributed by atoms with E-state index in [1.54, 1.807) is 4.90 Å². The monoisotopic (exact) mass is 331 g/mol. The van der Waals surface area contributed by atoms with Gasteiger partial charge in [0.05, 0.1) is 0 Å². The van der Waals surface area contributed by atoms with E-state index in [1.165, 1.54) is 5.56 Å². The minimum absolute atomic E-state index is 0.252. The topological polar surface area (TPSA) is 102 Å². The summed E-state index contributed by atoms with van der Waals surface area (Å²) in [5.41, 5.74) is 6.49. The van der Waals surface area contributed by atoms with Crippen molar-refractivity contribution in [3.05, 3.63) is 29.8 Å². The van der Waals surface area contributed by atoms with Crippen molar-refractivity contribution >= 4 is 17.8 Å². The highest BCUT2D eigenvalue weighted by Crippen LogP contribution is 2.29. The van der Waals surface area contributed by atoms with Crippen LogP contribution in [0, 0.1) is 0 Å². The molecular formula is C17H21N3O4. The molecule has 0 aliphatic carbocycles. The number of ether oxygens (including phenoxy) is 1. The van der Waals surface area contributed by atoms with Crippen LogP contribution < -0.4 is 15.8 Å². The van der Waals surface area contributed by atoms with Gasteiger partial charge in [0.2, 0.25) is 5.91 Å². The van der Waals surface area contributed by atoms with Crippen molar-refractivity contribution in [1.82, 2.24) is 10.2 Å². The van der Waals surface area contributed by atoms with Gasteiger partial charge in [-0.1, -0.05) is 12.1 Å². The van der Waals surface area contributed by atoms with Gasteiger partial charge in [0.1, 0.15) is 5.75 Å². The Morgan fingerprint density at radius 2 is 1.79 bits per heavy atom. The lowest BCUT2D eigenvalue weighted by atomic mass is 9.89. The second-order valence-corrected chi connectivity index (χ2v) is 6.23. The predicted molar refractivity (Wildman–Crippen MR) is 86.4 cm³/mol. The highest BCUT2D eigenvalue weighted by Gasteiger charge is 2.28. The summed E-state index contributed by atoms with van der Waals surface area (Å²) in [4.78, 5) is 35.7. The summed E-state index contributed by atoms with van der Waals surface area (Å²) in [5, 5.41) is 2.28. The maximum Gasteiger partial charge on any atom is 0.314 e. The first-order valence-electron chi connectivity index (χ1n) is 8.17. The van der Waals surface area contributed by atoms with Gasteiger partial charge in [0, 0.05) is 25.9 Å². The maximum absolute atomic E-state index is 11.7. The number of carbonyl (C=O) groups is 3. The summed E-state index contributed by atoms with van der Waals surface area (Å²) < 4.78 is 5.67.